The third-order valence-corrected chi connectivity index (χ3v) is 4.13. The molecular formula is C15H15N3O3. The van der Waals surface area contributed by atoms with Gasteiger partial charge in [0, 0.05) is 16.7 Å². The van der Waals surface area contributed by atoms with E-state index in [2.05, 4.69) is 10.2 Å². The Morgan fingerprint density at radius 1 is 1.29 bits per heavy atom. The first-order valence-corrected chi connectivity index (χ1v) is 6.78. The van der Waals surface area contributed by atoms with Gasteiger partial charge in [0.05, 0.1) is 19.8 Å². The van der Waals surface area contributed by atoms with E-state index >= 15 is 0 Å². The predicted octanol–water partition coefficient (Wildman–Crippen LogP) is 1.50. The third-order valence-electron chi connectivity index (χ3n) is 4.13. The van der Waals surface area contributed by atoms with Crippen molar-refractivity contribution >= 4 is 5.82 Å². The number of fused-ring (bicyclic) bond motifs is 2. The Kier molecular flexibility index (Phi) is 2.49. The fourth-order valence-electron chi connectivity index (χ4n) is 2.99. The average Bonchev–Trinajstić information content (AvgIpc) is 2.81. The summed E-state index contributed by atoms with van der Waals surface area (Å²) < 4.78 is 11.2. The number of ether oxygens (including phenoxy) is 2. The van der Waals surface area contributed by atoms with E-state index in [4.69, 9.17) is 15.2 Å². The van der Waals surface area contributed by atoms with Gasteiger partial charge in [0.25, 0.3) is 0 Å². The maximum absolute atomic E-state index is 10.2. The van der Waals surface area contributed by atoms with Crippen LogP contribution >= 0.6 is 0 Å². The number of nitrogen functional groups attached to an aromatic ring is 1. The lowest BCUT2D eigenvalue weighted by atomic mass is 9.89. The number of anilines is 1. The summed E-state index contributed by atoms with van der Waals surface area (Å²) in [6, 6.07) is 5.47. The van der Waals surface area contributed by atoms with E-state index in [1.807, 2.05) is 19.1 Å². The molecule has 1 spiro atoms. The summed E-state index contributed by atoms with van der Waals surface area (Å²) in [5.41, 5.74) is 9.52. The van der Waals surface area contributed by atoms with Gasteiger partial charge in [-0.1, -0.05) is 6.07 Å². The Hall–Kier alpha value is -2.18. The third kappa shape index (κ3) is 1.66. The van der Waals surface area contributed by atoms with Crippen molar-refractivity contribution in [2.75, 3.05) is 18.9 Å². The highest BCUT2D eigenvalue weighted by Crippen LogP contribution is 2.47. The van der Waals surface area contributed by atoms with Crippen molar-refractivity contribution in [1.29, 1.82) is 0 Å². The summed E-state index contributed by atoms with van der Waals surface area (Å²) in [6.07, 6.45) is 0. The van der Waals surface area contributed by atoms with Gasteiger partial charge < -0.3 is 20.3 Å². The zero-order valence-electron chi connectivity index (χ0n) is 11.6. The molecule has 2 aliphatic heterocycles. The molecule has 0 saturated carbocycles. The minimum atomic E-state index is -0.482. The number of nitrogens with two attached hydrogens (primary N) is 1. The molecule has 21 heavy (non-hydrogen) atoms. The number of phenols is 1. The fraction of sp³-hybridized carbons (Fsp3) is 0.333. The summed E-state index contributed by atoms with van der Waals surface area (Å²) in [4.78, 5) is 0. The van der Waals surface area contributed by atoms with Gasteiger partial charge in [-0.3, -0.25) is 0 Å². The van der Waals surface area contributed by atoms with Crippen LogP contribution in [0, 0.1) is 6.92 Å². The molecule has 3 N–H and O–H groups in total. The second-order valence-corrected chi connectivity index (χ2v) is 5.58. The van der Waals surface area contributed by atoms with E-state index in [9.17, 15) is 5.11 Å². The highest BCUT2D eigenvalue weighted by molar-refractivity contribution is 5.73. The topological polar surface area (TPSA) is 90.5 Å². The van der Waals surface area contributed by atoms with Crippen molar-refractivity contribution in [1.82, 2.24) is 10.2 Å². The van der Waals surface area contributed by atoms with Crippen LogP contribution in [0.2, 0.25) is 0 Å². The van der Waals surface area contributed by atoms with Crippen LogP contribution in [-0.4, -0.2) is 28.5 Å². The Balaban J connectivity index is 1.92. The molecular weight excluding hydrogens is 270 g/mol. The molecule has 6 heteroatoms. The molecule has 0 radical (unpaired) electrons. The molecule has 2 aliphatic rings. The monoisotopic (exact) mass is 285 g/mol. The van der Waals surface area contributed by atoms with Crippen LogP contribution in [0.25, 0.3) is 11.3 Å². The number of aromatic nitrogens is 2. The second-order valence-electron chi connectivity index (χ2n) is 5.58. The standard InChI is InChI=1S/C15H15N3O3/c1-8-2-3-9(11(19)4-8)13-10-5-21-15(6-20-7-15)12(10)14(16)18-17-13/h2-4,19H,5-7H2,1H3,(H2,16,18). The summed E-state index contributed by atoms with van der Waals surface area (Å²) in [7, 11) is 0. The fourth-order valence-corrected chi connectivity index (χ4v) is 2.99. The maximum Gasteiger partial charge on any atom is 0.152 e. The number of hydrogen-bond acceptors (Lipinski definition) is 6. The SMILES string of the molecule is Cc1ccc(-c2nnc(N)c3c2COC32COC2)c(O)c1. The Morgan fingerprint density at radius 2 is 2.10 bits per heavy atom. The van der Waals surface area contributed by atoms with Crippen molar-refractivity contribution in [2.24, 2.45) is 0 Å². The van der Waals surface area contributed by atoms with Gasteiger partial charge in [0.1, 0.15) is 17.0 Å². The Bertz CT molecular complexity index is 741. The molecule has 0 bridgehead atoms. The summed E-state index contributed by atoms with van der Waals surface area (Å²) in [5.74, 6) is 0.559. The van der Waals surface area contributed by atoms with Crippen molar-refractivity contribution in [2.45, 2.75) is 19.1 Å². The van der Waals surface area contributed by atoms with Crippen LogP contribution < -0.4 is 5.73 Å². The average molecular weight is 285 g/mol. The molecule has 1 fully saturated rings. The van der Waals surface area contributed by atoms with Crippen LogP contribution in [-0.2, 0) is 21.7 Å². The van der Waals surface area contributed by atoms with Gasteiger partial charge in [0.2, 0.25) is 0 Å². The molecule has 1 aromatic heterocycles. The van der Waals surface area contributed by atoms with Crippen LogP contribution in [0.5, 0.6) is 5.75 Å². The van der Waals surface area contributed by atoms with E-state index in [-0.39, 0.29) is 5.75 Å². The lowest BCUT2D eigenvalue weighted by Crippen LogP contribution is -2.46. The molecule has 108 valence electrons. The number of aromatic hydroxyl groups is 1. The highest BCUT2D eigenvalue weighted by atomic mass is 16.6. The van der Waals surface area contributed by atoms with Crippen molar-refractivity contribution in [3.63, 3.8) is 0 Å². The van der Waals surface area contributed by atoms with Gasteiger partial charge in [0.15, 0.2) is 5.82 Å². The Morgan fingerprint density at radius 3 is 2.76 bits per heavy atom. The van der Waals surface area contributed by atoms with E-state index in [0.717, 1.165) is 16.7 Å². The van der Waals surface area contributed by atoms with E-state index < -0.39 is 5.60 Å². The van der Waals surface area contributed by atoms with Gasteiger partial charge in [-0.05, 0) is 24.6 Å². The van der Waals surface area contributed by atoms with Gasteiger partial charge in [-0.2, -0.15) is 0 Å². The smallest absolute Gasteiger partial charge is 0.152 e. The lowest BCUT2D eigenvalue weighted by molar-refractivity contribution is -0.209. The number of aryl methyl sites for hydroxylation is 1. The largest absolute Gasteiger partial charge is 0.507 e. The minimum Gasteiger partial charge on any atom is -0.507 e. The lowest BCUT2D eigenvalue weighted by Gasteiger charge is -2.37. The highest BCUT2D eigenvalue weighted by Gasteiger charge is 2.50. The molecule has 6 nitrogen and oxygen atoms in total. The van der Waals surface area contributed by atoms with Crippen LogP contribution in [0.1, 0.15) is 16.7 Å². The van der Waals surface area contributed by atoms with Crippen molar-refractivity contribution in [3.05, 3.63) is 34.9 Å². The zero-order valence-corrected chi connectivity index (χ0v) is 11.6. The zero-order chi connectivity index (χ0) is 14.6. The molecule has 0 atom stereocenters. The van der Waals surface area contributed by atoms with Crippen LogP contribution in [0.4, 0.5) is 5.82 Å². The maximum atomic E-state index is 10.2. The molecule has 0 unspecified atom stereocenters. The molecule has 3 heterocycles. The summed E-state index contributed by atoms with van der Waals surface area (Å²) in [6.45, 7) is 3.29. The number of rotatable bonds is 1. The molecule has 0 amide bonds. The summed E-state index contributed by atoms with van der Waals surface area (Å²) in [5, 5.41) is 18.4. The van der Waals surface area contributed by atoms with Crippen molar-refractivity contribution in [3.8, 4) is 17.0 Å². The van der Waals surface area contributed by atoms with Gasteiger partial charge >= 0.3 is 0 Å². The predicted molar refractivity (Wildman–Crippen MR) is 75.6 cm³/mol. The Labute approximate surface area is 121 Å². The first-order chi connectivity index (χ1) is 10.1. The van der Waals surface area contributed by atoms with Gasteiger partial charge in [-0.25, -0.2) is 0 Å². The quantitative estimate of drug-likeness (QED) is 0.825. The first kappa shape index (κ1) is 12.6. The molecule has 4 rings (SSSR count). The van der Waals surface area contributed by atoms with E-state index in [1.165, 1.54) is 0 Å². The number of phenolic OH excluding ortho intramolecular Hbond substituents is 1. The molecule has 2 aromatic rings. The molecule has 1 saturated heterocycles. The van der Waals surface area contributed by atoms with Crippen LogP contribution in [0.15, 0.2) is 18.2 Å². The summed E-state index contributed by atoms with van der Waals surface area (Å²) >= 11 is 0. The first-order valence-electron chi connectivity index (χ1n) is 6.78. The normalized spacial score (nSPS) is 18.5. The second kappa shape index (κ2) is 4.16. The van der Waals surface area contributed by atoms with E-state index in [0.29, 0.717) is 36.9 Å². The minimum absolute atomic E-state index is 0.182. The van der Waals surface area contributed by atoms with E-state index in [1.54, 1.807) is 6.07 Å². The number of benzene rings is 1. The molecule has 1 aromatic carbocycles. The number of nitrogens with zero attached hydrogens (tertiary/aromatic N) is 2. The van der Waals surface area contributed by atoms with Crippen molar-refractivity contribution < 1.29 is 14.6 Å². The van der Waals surface area contributed by atoms with Gasteiger partial charge in [-0.15, -0.1) is 10.2 Å². The number of hydrogen-bond donors (Lipinski definition) is 2. The molecule has 0 aliphatic carbocycles. The van der Waals surface area contributed by atoms with Crippen LogP contribution in [0.3, 0.4) is 0 Å².